The van der Waals surface area contributed by atoms with E-state index in [0.717, 1.165) is 0 Å². The molecule has 0 nitrogen and oxygen atoms in total. The highest BCUT2D eigenvalue weighted by Crippen LogP contribution is 2.26. The van der Waals surface area contributed by atoms with E-state index in [1.807, 2.05) is 0 Å². The lowest BCUT2D eigenvalue weighted by atomic mass is 10.1. The molecule has 17 heavy (non-hydrogen) atoms. The predicted octanol–water partition coefficient (Wildman–Crippen LogP) is 4.37. The fourth-order valence-electron chi connectivity index (χ4n) is 1.29. The summed E-state index contributed by atoms with van der Waals surface area (Å²) in [4.78, 5) is 0. The summed E-state index contributed by atoms with van der Waals surface area (Å²) in [6, 6.07) is 0.229. The Morgan fingerprint density at radius 1 is 0.824 bits per heavy atom. The second kappa shape index (κ2) is 4.94. The quantitative estimate of drug-likeness (QED) is 0.255. The van der Waals surface area contributed by atoms with Gasteiger partial charge in [-0.15, -0.1) is 0 Å². The van der Waals surface area contributed by atoms with Crippen LogP contribution in [0.3, 0.4) is 0 Å². The average Bonchev–Trinajstić information content (AvgIpc) is 2.22. The van der Waals surface area contributed by atoms with Crippen LogP contribution in [0.15, 0.2) is 0 Å². The standard InChI is InChI=1S/C10H10ClF5Si/c1-17(2,11)4-3-5-6(12)8(14)10(16)9(15)7(5)13/h3-4H2,1-2H3. The van der Waals surface area contributed by atoms with Crippen molar-refractivity contribution in [3.8, 4) is 0 Å². The van der Waals surface area contributed by atoms with Crippen molar-refractivity contribution in [3.63, 3.8) is 0 Å². The smallest absolute Gasteiger partial charge is 0.200 e. The van der Waals surface area contributed by atoms with Crippen LogP contribution in [0.2, 0.25) is 19.1 Å². The summed E-state index contributed by atoms with van der Waals surface area (Å²) in [6.07, 6.45) is -0.255. The Morgan fingerprint density at radius 2 is 1.18 bits per heavy atom. The molecule has 1 rings (SSSR count). The van der Waals surface area contributed by atoms with Crippen LogP contribution in [0.5, 0.6) is 0 Å². The van der Waals surface area contributed by atoms with Gasteiger partial charge in [0.2, 0.25) is 5.82 Å². The van der Waals surface area contributed by atoms with Crippen molar-refractivity contribution in [2.45, 2.75) is 25.6 Å². The van der Waals surface area contributed by atoms with Crippen molar-refractivity contribution in [1.82, 2.24) is 0 Å². The zero-order valence-corrected chi connectivity index (χ0v) is 10.9. The Labute approximate surface area is 101 Å². The van der Waals surface area contributed by atoms with Gasteiger partial charge in [0.1, 0.15) is 0 Å². The molecule has 0 fully saturated rings. The van der Waals surface area contributed by atoms with Crippen LogP contribution in [0.25, 0.3) is 0 Å². The first-order valence-electron chi connectivity index (χ1n) is 4.84. The lowest BCUT2D eigenvalue weighted by Gasteiger charge is -2.14. The summed E-state index contributed by atoms with van der Waals surface area (Å²) in [5, 5.41) is 0. The van der Waals surface area contributed by atoms with Crippen molar-refractivity contribution in [1.29, 1.82) is 0 Å². The minimum Gasteiger partial charge on any atom is -0.203 e. The van der Waals surface area contributed by atoms with Gasteiger partial charge in [0.05, 0.1) is 0 Å². The van der Waals surface area contributed by atoms with Gasteiger partial charge in [0, 0.05) is 5.56 Å². The molecule has 7 heteroatoms. The van der Waals surface area contributed by atoms with E-state index >= 15 is 0 Å². The zero-order valence-electron chi connectivity index (χ0n) is 9.18. The Bertz CT molecular complexity index is 412. The molecule has 0 aliphatic rings. The van der Waals surface area contributed by atoms with E-state index in [-0.39, 0.29) is 12.5 Å². The van der Waals surface area contributed by atoms with E-state index in [2.05, 4.69) is 0 Å². The molecule has 0 spiro atoms. The number of halogens is 6. The Kier molecular flexibility index (Phi) is 4.19. The fourth-order valence-corrected chi connectivity index (χ4v) is 2.42. The van der Waals surface area contributed by atoms with Crippen LogP contribution >= 0.6 is 11.1 Å². The summed E-state index contributed by atoms with van der Waals surface area (Å²) in [5.74, 6) is -9.49. The van der Waals surface area contributed by atoms with E-state index in [0.29, 0.717) is 0 Å². The van der Waals surface area contributed by atoms with E-state index < -0.39 is 42.0 Å². The first-order valence-corrected chi connectivity index (χ1v) is 9.06. The molecule has 0 N–H and O–H groups in total. The predicted molar refractivity (Wildman–Crippen MR) is 58.1 cm³/mol. The second-order valence-corrected chi connectivity index (χ2v) is 11.3. The zero-order chi connectivity index (χ0) is 13.4. The maximum Gasteiger partial charge on any atom is 0.200 e. The summed E-state index contributed by atoms with van der Waals surface area (Å²) in [6.45, 7) is 3.45. The van der Waals surface area contributed by atoms with Gasteiger partial charge >= 0.3 is 0 Å². The van der Waals surface area contributed by atoms with Crippen molar-refractivity contribution < 1.29 is 22.0 Å². The van der Waals surface area contributed by atoms with Crippen LogP contribution in [-0.4, -0.2) is 7.38 Å². The van der Waals surface area contributed by atoms with Gasteiger partial charge in [-0.1, -0.05) is 13.1 Å². The van der Waals surface area contributed by atoms with E-state index in [4.69, 9.17) is 11.1 Å². The number of hydrogen-bond acceptors (Lipinski definition) is 0. The summed E-state index contributed by atoms with van der Waals surface area (Å²) in [5.41, 5.74) is -0.789. The Hall–Kier alpha value is -0.623. The maximum atomic E-state index is 13.2. The molecule has 0 aliphatic carbocycles. The van der Waals surface area contributed by atoms with Gasteiger partial charge in [0.15, 0.2) is 30.7 Å². The second-order valence-electron chi connectivity index (χ2n) is 4.27. The molecule has 0 aliphatic heterocycles. The highest BCUT2D eigenvalue weighted by atomic mass is 35.6. The van der Waals surface area contributed by atoms with Crippen LogP contribution < -0.4 is 0 Å². The first-order chi connectivity index (χ1) is 7.65. The molecular formula is C10H10ClF5Si. The molecule has 0 heterocycles. The van der Waals surface area contributed by atoms with E-state index in [1.54, 1.807) is 13.1 Å². The van der Waals surface area contributed by atoms with Crippen LogP contribution in [0, 0.1) is 29.1 Å². The van der Waals surface area contributed by atoms with E-state index in [9.17, 15) is 22.0 Å². The fraction of sp³-hybridized carbons (Fsp3) is 0.400. The van der Waals surface area contributed by atoms with Crippen LogP contribution in [0.1, 0.15) is 5.56 Å². The maximum absolute atomic E-state index is 13.2. The lowest BCUT2D eigenvalue weighted by Crippen LogP contribution is -2.18. The summed E-state index contributed by atoms with van der Waals surface area (Å²) < 4.78 is 64.9. The van der Waals surface area contributed by atoms with Gasteiger partial charge in [-0.2, -0.15) is 11.1 Å². The highest BCUT2D eigenvalue weighted by Gasteiger charge is 2.27. The number of rotatable bonds is 3. The number of hydrogen-bond donors (Lipinski definition) is 0. The molecule has 0 unspecified atom stereocenters. The minimum absolute atomic E-state index is 0.229. The summed E-state index contributed by atoms with van der Waals surface area (Å²) in [7, 11) is -2.13. The van der Waals surface area contributed by atoms with Gasteiger partial charge in [-0.25, -0.2) is 22.0 Å². The molecule has 0 bridgehead atoms. The normalized spacial score (nSPS) is 12.0. The van der Waals surface area contributed by atoms with Crippen LogP contribution in [0.4, 0.5) is 22.0 Å². The monoisotopic (exact) mass is 288 g/mol. The van der Waals surface area contributed by atoms with Gasteiger partial charge in [-0.3, -0.25) is 0 Å². The SMILES string of the molecule is C[Si](C)(Cl)CCc1c(F)c(F)c(F)c(F)c1F. The molecule has 0 atom stereocenters. The Balaban J connectivity index is 3.16. The van der Waals surface area contributed by atoms with E-state index in [1.165, 1.54) is 0 Å². The third-order valence-corrected chi connectivity index (χ3v) is 4.28. The van der Waals surface area contributed by atoms with Gasteiger partial charge in [0.25, 0.3) is 0 Å². The molecule has 0 radical (unpaired) electrons. The summed E-state index contributed by atoms with van der Waals surface area (Å²) >= 11 is 5.93. The molecule has 96 valence electrons. The van der Waals surface area contributed by atoms with Gasteiger partial charge in [-0.05, 0) is 12.5 Å². The third-order valence-electron chi connectivity index (χ3n) is 2.27. The Morgan fingerprint density at radius 3 is 1.53 bits per heavy atom. The molecular weight excluding hydrogens is 279 g/mol. The largest absolute Gasteiger partial charge is 0.203 e. The lowest BCUT2D eigenvalue weighted by molar-refractivity contribution is 0.370. The van der Waals surface area contributed by atoms with Crippen molar-refractivity contribution >= 4 is 18.5 Å². The first kappa shape index (κ1) is 14.4. The third kappa shape index (κ3) is 3.19. The minimum atomic E-state index is -2.13. The molecule has 0 saturated carbocycles. The molecule has 1 aromatic carbocycles. The van der Waals surface area contributed by atoms with Crippen molar-refractivity contribution in [3.05, 3.63) is 34.6 Å². The number of benzene rings is 1. The molecule has 0 amide bonds. The van der Waals surface area contributed by atoms with Crippen LogP contribution in [-0.2, 0) is 6.42 Å². The average molecular weight is 289 g/mol. The van der Waals surface area contributed by atoms with Crippen molar-refractivity contribution in [2.24, 2.45) is 0 Å². The molecule has 1 aromatic rings. The topological polar surface area (TPSA) is 0 Å². The van der Waals surface area contributed by atoms with Crippen molar-refractivity contribution in [2.75, 3.05) is 0 Å². The highest BCUT2D eigenvalue weighted by molar-refractivity contribution is 7.19. The molecule has 0 aromatic heterocycles. The van der Waals surface area contributed by atoms with Gasteiger partial charge < -0.3 is 0 Å². The molecule has 0 saturated heterocycles.